The fraction of sp³-hybridized carbons (Fsp3) is 0.359. The predicted octanol–water partition coefficient (Wildman–Crippen LogP) is 6.66. The van der Waals surface area contributed by atoms with Crippen molar-refractivity contribution in [3.8, 4) is 0 Å². The maximum Gasteiger partial charge on any atom is 0.291 e. The van der Waals surface area contributed by atoms with Crippen molar-refractivity contribution < 1.29 is 27.1 Å². The van der Waals surface area contributed by atoms with E-state index in [1.165, 1.54) is 16.4 Å². The summed E-state index contributed by atoms with van der Waals surface area (Å²) in [7, 11) is -3.63. The van der Waals surface area contributed by atoms with E-state index in [2.05, 4.69) is 36.3 Å². The number of nitrogens with one attached hydrogen (secondary N) is 2. The Labute approximate surface area is 288 Å². The molecule has 3 N–H and O–H groups in total. The number of carbonyl (C=O) groups excluding carboxylic acids is 1. The van der Waals surface area contributed by atoms with Crippen LogP contribution in [-0.2, 0) is 41.8 Å². The molecule has 0 saturated carbocycles. The van der Waals surface area contributed by atoms with Gasteiger partial charge in [0.05, 0.1) is 23.6 Å². The van der Waals surface area contributed by atoms with Crippen molar-refractivity contribution in [2.45, 2.75) is 70.6 Å². The summed E-state index contributed by atoms with van der Waals surface area (Å²) >= 11 is 0. The SMILES string of the molecule is C=CC(F)(F)c1cccc(CNC[C@@H](O)[C@H](Cc2ccccc2)NC(=O)c2cc3c4cc(cc(CCC)c4c2)CCCS(=O)(=O)N3CC)c1. The summed E-state index contributed by atoms with van der Waals surface area (Å²) < 4.78 is 56.7. The van der Waals surface area contributed by atoms with E-state index in [1.54, 1.807) is 25.1 Å². The topological polar surface area (TPSA) is 98.7 Å². The van der Waals surface area contributed by atoms with Gasteiger partial charge in [0.2, 0.25) is 10.0 Å². The molecule has 0 aromatic heterocycles. The highest BCUT2D eigenvalue weighted by Gasteiger charge is 2.29. The average molecular weight is 690 g/mol. The van der Waals surface area contributed by atoms with Gasteiger partial charge in [-0.3, -0.25) is 9.10 Å². The Morgan fingerprint density at radius 3 is 2.49 bits per heavy atom. The second-order valence-corrected chi connectivity index (χ2v) is 14.7. The van der Waals surface area contributed by atoms with Gasteiger partial charge in [-0.25, -0.2) is 8.42 Å². The van der Waals surface area contributed by atoms with E-state index in [0.717, 1.165) is 40.3 Å². The zero-order valence-corrected chi connectivity index (χ0v) is 28.9. The number of benzene rings is 4. The fourth-order valence-electron chi connectivity index (χ4n) is 6.54. The third kappa shape index (κ3) is 8.55. The van der Waals surface area contributed by atoms with E-state index in [4.69, 9.17) is 0 Å². The Balaban J connectivity index is 1.44. The molecule has 2 bridgehead atoms. The zero-order valence-electron chi connectivity index (χ0n) is 28.1. The van der Waals surface area contributed by atoms with Gasteiger partial charge in [0.25, 0.3) is 11.8 Å². The molecule has 1 amide bonds. The normalized spacial score (nSPS) is 15.7. The second-order valence-electron chi connectivity index (χ2n) is 12.7. The molecule has 2 atom stereocenters. The molecule has 0 radical (unpaired) electrons. The lowest BCUT2D eigenvalue weighted by Gasteiger charge is -2.27. The van der Waals surface area contributed by atoms with Gasteiger partial charge >= 0.3 is 0 Å². The molecule has 260 valence electrons. The maximum absolute atomic E-state index is 14.2. The summed E-state index contributed by atoms with van der Waals surface area (Å²) in [4.78, 5) is 14.1. The third-order valence-corrected chi connectivity index (χ3v) is 11.0. The number of allylic oxidation sites excluding steroid dienone is 1. The number of amides is 1. The number of nitrogens with zero attached hydrogens (tertiary/aromatic N) is 1. The lowest BCUT2D eigenvalue weighted by atomic mass is 9.93. The van der Waals surface area contributed by atoms with Crippen LogP contribution in [0.1, 0.15) is 64.9 Å². The molecular formula is C39H45F2N3O4S. The van der Waals surface area contributed by atoms with E-state index in [0.29, 0.717) is 42.2 Å². The van der Waals surface area contributed by atoms with Crippen LogP contribution >= 0.6 is 0 Å². The van der Waals surface area contributed by atoms with E-state index < -0.39 is 34.0 Å². The van der Waals surface area contributed by atoms with Crippen LogP contribution in [0.3, 0.4) is 0 Å². The molecule has 10 heteroatoms. The number of aliphatic hydroxyl groups excluding tert-OH is 1. The summed E-state index contributed by atoms with van der Waals surface area (Å²) in [6, 6.07) is 22.5. The van der Waals surface area contributed by atoms with Gasteiger partial charge < -0.3 is 15.7 Å². The molecule has 1 aliphatic rings. The number of hydrogen-bond acceptors (Lipinski definition) is 5. The van der Waals surface area contributed by atoms with Crippen molar-refractivity contribution >= 4 is 32.4 Å². The number of hydrogen-bond donors (Lipinski definition) is 3. The van der Waals surface area contributed by atoms with E-state index in [1.807, 2.05) is 36.4 Å². The largest absolute Gasteiger partial charge is 0.390 e. The monoisotopic (exact) mass is 689 g/mol. The lowest BCUT2D eigenvalue weighted by molar-refractivity contribution is 0.0524. The first-order valence-corrected chi connectivity index (χ1v) is 18.5. The van der Waals surface area contributed by atoms with E-state index in [9.17, 15) is 27.1 Å². The molecule has 49 heavy (non-hydrogen) atoms. The molecule has 0 aliphatic carbocycles. The van der Waals surface area contributed by atoms with Gasteiger partial charge in [0.15, 0.2) is 0 Å². The molecule has 0 unspecified atom stereocenters. The Morgan fingerprint density at radius 2 is 1.78 bits per heavy atom. The minimum absolute atomic E-state index is 0.0135. The zero-order chi connectivity index (χ0) is 35.2. The third-order valence-electron chi connectivity index (χ3n) is 9.06. The van der Waals surface area contributed by atoms with Gasteiger partial charge in [0.1, 0.15) is 0 Å². The summed E-state index contributed by atoms with van der Waals surface area (Å²) in [5, 5.41) is 19.2. The van der Waals surface area contributed by atoms with Gasteiger partial charge in [0, 0.05) is 36.1 Å². The van der Waals surface area contributed by atoms with Gasteiger partial charge in [-0.05, 0) is 90.6 Å². The van der Waals surface area contributed by atoms with Gasteiger partial charge in [-0.15, -0.1) is 0 Å². The molecule has 1 heterocycles. The molecular weight excluding hydrogens is 645 g/mol. The van der Waals surface area contributed by atoms with Crippen LogP contribution in [0.2, 0.25) is 0 Å². The van der Waals surface area contributed by atoms with Crippen LogP contribution in [0.4, 0.5) is 14.5 Å². The van der Waals surface area contributed by atoms with Gasteiger partial charge in [-0.2, -0.15) is 8.78 Å². The highest BCUT2D eigenvalue weighted by atomic mass is 32.2. The second kappa shape index (κ2) is 15.6. The predicted molar refractivity (Wildman–Crippen MR) is 193 cm³/mol. The van der Waals surface area contributed by atoms with Crippen LogP contribution in [0.15, 0.2) is 91.5 Å². The molecule has 0 saturated heterocycles. The van der Waals surface area contributed by atoms with E-state index in [-0.39, 0.29) is 31.0 Å². The number of halogens is 2. The number of aliphatic hydroxyl groups is 1. The number of fused-ring (bicyclic) bond motifs is 1. The molecule has 7 nitrogen and oxygen atoms in total. The van der Waals surface area contributed by atoms with Crippen molar-refractivity contribution in [3.63, 3.8) is 0 Å². The summed E-state index contributed by atoms with van der Waals surface area (Å²) in [6.45, 7) is 7.64. The first kappa shape index (κ1) is 36.2. The van der Waals surface area contributed by atoms with Crippen molar-refractivity contribution in [1.29, 1.82) is 0 Å². The lowest BCUT2D eigenvalue weighted by Crippen LogP contribution is -2.48. The van der Waals surface area contributed by atoms with Crippen LogP contribution in [0, 0.1) is 0 Å². The van der Waals surface area contributed by atoms with Crippen molar-refractivity contribution in [2.24, 2.45) is 0 Å². The molecule has 4 aromatic rings. The summed E-state index contributed by atoms with van der Waals surface area (Å²) in [5.41, 5.74) is 4.30. The highest BCUT2D eigenvalue weighted by Crippen LogP contribution is 2.36. The number of carbonyl (C=O) groups is 1. The van der Waals surface area contributed by atoms with Crippen LogP contribution in [-0.4, -0.2) is 50.4 Å². The van der Waals surface area contributed by atoms with E-state index >= 15 is 0 Å². The Bertz CT molecular complexity index is 1900. The van der Waals surface area contributed by atoms with Crippen molar-refractivity contribution in [2.75, 3.05) is 23.1 Å². The quantitative estimate of drug-likeness (QED) is 0.129. The Kier molecular flexibility index (Phi) is 11.5. The molecule has 0 fully saturated rings. The maximum atomic E-state index is 14.2. The first-order chi connectivity index (χ1) is 23.5. The minimum Gasteiger partial charge on any atom is -0.390 e. The van der Waals surface area contributed by atoms with Crippen molar-refractivity contribution in [3.05, 3.63) is 125 Å². The average Bonchev–Trinajstić information content (AvgIpc) is 3.13. The number of anilines is 1. The molecule has 1 aliphatic heterocycles. The molecule has 0 spiro atoms. The van der Waals surface area contributed by atoms with Crippen LogP contribution in [0.5, 0.6) is 0 Å². The smallest absolute Gasteiger partial charge is 0.291 e. The highest BCUT2D eigenvalue weighted by molar-refractivity contribution is 7.92. The first-order valence-electron chi connectivity index (χ1n) is 16.9. The number of aryl methyl sites for hydroxylation is 2. The minimum atomic E-state index is -3.63. The fourth-order valence-corrected chi connectivity index (χ4v) is 8.12. The Morgan fingerprint density at radius 1 is 1.02 bits per heavy atom. The number of sulfonamides is 1. The van der Waals surface area contributed by atoms with Crippen LogP contribution in [0.25, 0.3) is 10.8 Å². The van der Waals surface area contributed by atoms with Crippen LogP contribution < -0.4 is 14.9 Å². The number of rotatable bonds is 14. The number of alkyl halides is 2. The summed E-state index contributed by atoms with van der Waals surface area (Å²) in [5.74, 6) is -3.57. The summed E-state index contributed by atoms with van der Waals surface area (Å²) in [6.07, 6.45) is 2.73. The molecule has 5 rings (SSSR count). The molecule has 4 aromatic carbocycles. The standard InChI is InChI=1S/C39H45F2N3O4S/c1-4-12-30-19-28-16-11-18-49(47,48)44(6-3)36-24-31(23-33(30)34(36)21-28)38(46)43-35(22-27-13-8-7-9-14-27)37(45)26-42-25-29-15-10-17-32(20-29)39(40,41)5-2/h5,7-10,13-15,17,19-21,23-24,35,37,42,45H,2,4,6,11-12,16,18,22,25-26H2,1,3H3,(H,43,46)/t35-,37+/m0/s1. The van der Waals surface area contributed by atoms with Crippen molar-refractivity contribution in [1.82, 2.24) is 10.6 Å². The van der Waals surface area contributed by atoms with Gasteiger partial charge in [-0.1, -0.05) is 74.5 Å². The Hall–Kier alpha value is -4.12.